The lowest BCUT2D eigenvalue weighted by molar-refractivity contribution is -0.138. The molecule has 0 saturated heterocycles. The molecule has 2 aromatic rings. The molecule has 10 nitrogen and oxygen atoms in total. The molecule has 0 saturated carbocycles. The van der Waals surface area contributed by atoms with E-state index >= 15 is 0 Å². The van der Waals surface area contributed by atoms with Crippen LogP contribution in [-0.4, -0.2) is 43.9 Å². The zero-order chi connectivity index (χ0) is 31.6. The Morgan fingerprint density at radius 1 is 0.698 bits per heavy atom. The predicted molar refractivity (Wildman–Crippen MR) is 164 cm³/mol. The zero-order valence-corrected chi connectivity index (χ0v) is 24.8. The van der Waals surface area contributed by atoms with E-state index in [1.165, 1.54) is 12.2 Å². The number of amides is 2. The van der Waals surface area contributed by atoms with Gasteiger partial charge in [-0.1, -0.05) is 25.3 Å². The third-order valence-corrected chi connectivity index (χ3v) is 8.13. The maximum absolute atomic E-state index is 12.3. The van der Waals surface area contributed by atoms with E-state index in [1.54, 1.807) is 0 Å². The van der Waals surface area contributed by atoms with Gasteiger partial charge in [0.05, 0.1) is 0 Å². The van der Waals surface area contributed by atoms with E-state index in [4.69, 9.17) is 0 Å². The molecule has 0 aromatic carbocycles. The van der Waals surface area contributed by atoms with Crippen LogP contribution in [0, 0.1) is 13.8 Å². The normalized spacial score (nSPS) is 16.8. The highest BCUT2D eigenvalue weighted by Crippen LogP contribution is 2.31. The fourth-order valence-corrected chi connectivity index (χ4v) is 5.62. The van der Waals surface area contributed by atoms with E-state index in [-0.39, 0.29) is 37.5 Å². The van der Waals surface area contributed by atoms with Gasteiger partial charge in [-0.15, -0.1) is 0 Å². The number of aliphatic carboxylic acids is 2. The summed E-state index contributed by atoms with van der Waals surface area (Å²) in [7, 11) is 0. The molecule has 0 radical (unpaired) electrons. The first-order chi connectivity index (χ1) is 20.4. The minimum Gasteiger partial charge on any atom is -0.481 e. The van der Waals surface area contributed by atoms with Crippen LogP contribution in [-0.2, 0) is 38.4 Å². The predicted octanol–water partition coefficient (Wildman–Crippen LogP) is 4.53. The van der Waals surface area contributed by atoms with Gasteiger partial charge in [-0.05, 0) is 86.1 Å². The van der Waals surface area contributed by atoms with Crippen molar-refractivity contribution >= 4 is 35.9 Å². The van der Waals surface area contributed by atoms with Crippen molar-refractivity contribution in [3.63, 3.8) is 0 Å². The Kier molecular flexibility index (Phi) is 8.89. The fraction of sp³-hybridized carbons (Fsp3) is 0.273. The number of hydrogen-bond acceptors (Lipinski definition) is 4. The standard InChI is InChI=1S/C33H36N4O6/c1-7-20-16(3)26(36-32(20)42)13-24-18(5)22(9-11-30(38)39)28(34-24)15-29-23(10-12-31(40)41)19(6)25(35-29)14-27-17(4)21(8-2)33(43)37-27/h7-8,13-14,34-35H,1-2,9-12,15H2,3-6H3,(H,36,42)(H,37,43)(H,38,39)(H,40,41)/b26-13-,27-14+. The zero-order valence-electron chi connectivity index (χ0n) is 24.8. The molecule has 6 N–H and O–H groups in total. The SMILES string of the molecule is C=CC1=C(C)/C(=C/c2[nH]c(Cc3[nH]c(/C=C4/NC(=O)C(C=C)=C4C)c(C)c3CCC(=O)O)c(CCC(=O)O)c2C)NC1=O. The number of hydrogen-bond donors (Lipinski definition) is 6. The Morgan fingerprint density at radius 2 is 1.07 bits per heavy atom. The van der Waals surface area contributed by atoms with Crippen LogP contribution in [0.15, 0.2) is 59.0 Å². The van der Waals surface area contributed by atoms with Gasteiger partial charge in [-0.25, -0.2) is 0 Å². The first-order valence-electron chi connectivity index (χ1n) is 13.9. The lowest BCUT2D eigenvalue weighted by Crippen LogP contribution is -2.15. The largest absolute Gasteiger partial charge is 0.481 e. The summed E-state index contributed by atoms with van der Waals surface area (Å²) in [6.07, 6.45) is 7.50. The summed E-state index contributed by atoms with van der Waals surface area (Å²) in [5.41, 5.74) is 10.3. The molecule has 0 aliphatic carbocycles. The molecule has 2 aliphatic rings. The number of H-pyrrole nitrogens is 2. The Hall–Kier alpha value is -5.12. The van der Waals surface area contributed by atoms with Crippen molar-refractivity contribution in [2.45, 2.75) is 59.8 Å². The number of aromatic nitrogens is 2. The fourth-order valence-electron chi connectivity index (χ4n) is 5.62. The molecule has 0 atom stereocenters. The third-order valence-electron chi connectivity index (χ3n) is 8.13. The van der Waals surface area contributed by atoms with Crippen molar-refractivity contribution in [2.75, 3.05) is 0 Å². The minimum atomic E-state index is -0.920. The minimum absolute atomic E-state index is 0.0676. The Morgan fingerprint density at radius 3 is 1.37 bits per heavy atom. The van der Waals surface area contributed by atoms with Gasteiger partial charge >= 0.3 is 11.9 Å². The van der Waals surface area contributed by atoms with Gasteiger partial charge in [0.15, 0.2) is 0 Å². The highest BCUT2D eigenvalue weighted by molar-refractivity contribution is 6.04. The van der Waals surface area contributed by atoms with Crippen LogP contribution >= 0.6 is 0 Å². The second-order valence-corrected chi connectivity index (χ2v) is 10.7. The van der Waals surface area contributed by atoms with Gasteiger partial charge in [0.2, 0.25) is 0 Å². The van der Waals surface area contributed by atoms with E-state index in [9.17, 15) is 29.4 Å². The number of aromatic amines is 2. The van der Waals surface area contributed by atoms with Gasteiger partial charge in [0, 0.05) is 64.6 Å². The van der Waals surface area contributed by atoms with Crippen LogP contribution in [0.5, 0.6) is 0 Å². The lowest BCUT2D eigenvalue weighted by atomic mass is 9.98. The number of carboxylic acids is 2. The molecule has 2 aromatic heterocycles. The van der Waals surface area contributed by atoms with E-state index in [0.29, 0.717) is 29.0 Å². The molecule has 224 valence electrons. The lowest BCUT2D eigenvalue weighted by Gasteiger charge is -2.07. The number of carboxylic acid groups (broad SMARTS) is 2. The Balaban J connectivity index is 1.80. The maximum atomic E-state index is 12.3. The van der Waals surface area contributed by atoms with Crippen LogP contribution < -0.4 is 10.6 Å². The number of carbonyl (C=O) groups excluding carboxylic acids is 2. The first-order valence-corrected chi connectivity index (χ1v) is 13.9. The average Bonchev–Trinajstić information content (AvgIpc) is 3.58. The quantitative estimate of drug-likeness (QED) is 0.215. The summed E-state index contributed by atoms with van der Waals surface area (Å²) in [6, 6.07) is 0. The highest BCUT2D eigenvalue weighted by Gasteiger charge is 2.25. The molecule has 0 fully saturated rings. The molecule has 0 spiro atoms. The van der Waals surface area contributed by atoms with Gasteiger partial charge in [0.25, 0.3) is 11.8 Å². The molecule has 4 rings (SSSR count). The summed E-state index contributed by atoms with van der Waals surface area (Å²) < 4.78 is 0. The van der Waals surface area contributed by atoms with Crippen LogP contribution in [0.3, 0.4) is 0 Å². The third kappa shape index (κ3) is 6.23. The number of nitrogens with one attached hydrogen (secondary N) is 4. The summed E-state index contributed by atoms with van der Waals surface area (Å²) in [5.74, 6) is -2.30. The maximum Gasteiger partial charge on any atom is 0.303 e. The van der Waals surface area contributed by atoms with Gasteiger partial charge < -0.3 is 30.8 Å². The molecular formula is C33H36N4O6. The molecule has 10 heteroatoms. The summed E-state index contributed by atoms with van der Waals surface area (Å²) >= 11 is 0. The van der Waals surface area contributed by atoms with Crippen LogP contribution in [0.4, 0.5) is 0 Å². The molecular weight excluding hydrogens is 548 g/mol. The second kappa shape index (κ2) is 12.4. The average molecular weight is 585 g/mol. The van der Waals surface area contributed by atoms with E-state index in [2.05, 4.69) is 33.8 Å². The van der Waals surface area contributed by atoms with E-state index in [1.807, 2.05) is 39.8 Å². The summed E-state index contributed by atoms with van der Waals surface area (Å²) in [6.45, 7) is 14.9. The number of allylic oxidation sites excluding steroid dienone is 2. The van der Waals surface area contributed by atoms with Crippen molar-refractivity contribution < 1.29 is 29.4 Å². The summed E-state index contributed by atoms with van der Waals surface area (Å²) in [5, 5.41) is 24.6. The van der Waals surface area contributed by atoms with Crippen molar-refractivity contribution in [1.29, 1.82) is 0 Å². The summed E-state index contributed by atoms with van der Waals surface area (Å²) in [4.78, 5) is 54.6. The molecule has 2 aliphatic heterocycles. The Bertz CT molecular complexity index is 1580. The highest BCUT2D eigenvalue weighted by atomic mass is 16.4. The van der Waals surface area contributed by atoms with Crippen molar-refractivity contribution in [2.24, 2.45) is 0 Å². The van der Waals surface area contributed by atoms with E-state index < -0.39 is 11.9 Å². The Labute approximate surface area is 249 Å². The van der Waals surface area contributed by atoms with Gasteiger partial charge in [-0.3, -0.25) is 19.2 Å². The number of carbonyl (C=O) groups is 4. The van der Waals surface area contributed by atoms with Gasteiger partial charge in [0.1, 0.15) is 0 Å². The molecule has 0 bridgehead atoms. The number of rotatable bonds is 12. The van der Waals surface area contributed by atoms with Crippen LogP contribution in [0.2, 0.25) is 0 Å². The van der Waals surface area contributed by atoms with Crippen molar-refractivity contribution in [3.8, 4) is 0 Å². The molecule has 2 amide bonds. The smallest absolute Gasteiger partial charge is 0.303 e. The van der Waals surface area contributed by atoms with Gasteiger partial charge in [-0.2, -0.15) is 0 Å². The van der Waals surface area contributed by atoms with Crippen molar-refractivity contribution in [3.05, 3.63) is 104 Å². The topological polar surface area (TPSA) is 164 Å². The second-order valence-electron chi connectivity index (χ2n) is 10.7. The van der Waals surface area contributed by atoms with Crippen LogP contribution in [0.1, 0.15) is 71.7 Å². The van der Waals surface area contributed by atoms with E-state index in [0.717, 1.165) is 56.2 Å². The van der Waals surface area contributed by atoms with Crippen LogP contribution in [0.25, 0.3) is 12.2 Å². The molecule has 4 heterocycles. The van der Waals surface area contributed by atoms with Crippen molar-refractivity contribution in [1.82, 2.24) is 20.6 Å². The molecule has 43 heavy (non-hydrogen) atoms. The molecule has 0 unspecified atom stereocenters. The first kappa shape index (κ1) is 30.8. The monoisotopic (exact) mass is 584 g/mol.